The van der Waals surface area contributed by atoms with Crippen molar-refractivity contribution < 1.29 is 0 Å². The van der Waals surface area contributed by atoms with Crippen LogP contribution in [0.5, 0.6) is 0 Å². The summed E-state index contributed by atoms with van der Waals surface area (Å²) >= 11 is 0. The fraction of sp³-hybridized carbons (Fsp3) is 0. The van der Waals surface area contributed by atoms with Gasteiger partial charge in [0.25, 0.3) is 0 Å². The van der Waals surface area contributed by atoms with Crippen molar-refractivity contribution in [3.8, 4) is 45.1 Å². The van der Waals surface area contributed by atoms with Crippen molar-refractivity contribution in [1.82, 2.24) is 19.1 Å². The fourth-order valence-corrected chi connectivity index (χ4v) is 7.46. The van der Waals surface area contributed by atoms with Crippen LogP contribution in [0.1, 0.15) is 0 Å². The molecule has 234 valence electrons. The van der Waals surface area contributed by atoms with E-state index in [0.717, 1.165) is 28.0 Å². The molecule has 3 aromatic heterocycles. The lowest BCUT2D eigenvalue weighted by Gasteiger charge is -2.09. The first kappa shape index (κ1) is 28.3. The van der Waals surface area contributed by atoms with Crippen LogP contribution in [0.3, 0.4) is 0 Å². The summed E-state index contributed by atoms with van der Waals surface area (Å²) in [7, 11) is 0. The Morgan fingerprint density at radius 3 is 1.48 bits per heavy atom. The third kappa shape index (κ3) is 4.54. The predicted octanol–water partition coefficient (Wildman–Crippen LogP) is 11.7. The molecule has 0 saturated carbocycles. The normalized spacial score (nSPS) is 11.6. The fourth-order valence-electron chi connectivity index (χ4n) is 7.46. The lowest BCUT2D eigenvalue weighted by atomic mass is 10.0. The summed E-state index contributed by atoms with van der Waals surface area (Å²) in [6.45, 7) is 0. The molecule has 0 amide bonds. The molecule has 4 heteroatoms. The highest BCUT2D eigenvalue weighted by Gasteiger charge is 2.17. The van der Waals surface area contributed by atoms with Crippen molar-refractivity contribution in [2.75, 3.05) is 0 Å². The third-order valence-corrected chi connectivity index (χ3v) is 9.82. The van der Waals surface area contributed by atoms with Crippen molar-refractivity contribution in [2.24, 2.45) is 0 Å². The number of nitrogens with zero attached hydrogens (tertiary/aromatic N) is 4. The number of aromatic nitrogens is 4. The van der Waals surface area contributed by atoms with Gasteiger partial charge in [-0.15, -0.1) is 0 Å². The van der Waals surface area contributed by atoms with Crippen LogP contribution in [0.2, 0.25) is 0 Å². The van der Waals surface area contributed by atoms with Gasteiger partial charge in [0.05, 0.1) is 27.8 Å². The smallest absolute Gasteiger partial charge is 0.235 e. The van der Waals surface area contributed by atoms with E-state index in [0.29, 0.717) is 5.95 Å². The summed E-state index contributed by atoms with van der Waals surface area (Å²) in [4.78, 5) is 9.90. The zero-order valence-electron chi connectivity index (χ0n) is 27.1. The second-order valence-corrected chi connectivity index (χ2v) is 12.7. The Balaban J connectivity index is 1.08. The summed E-state index contributed by atoms with van der Waals surface area (Å²) < 4.78 is 4.55. The Bertz CT molecular complexity index is 2850. The molecule has 0 aliphatic rings. The topological polar surface area (TPSA) is 35.6 Å². The summed E-state index contributed by atoms with van der Waals surface area (Å²) in [5, 5.41) is 4.84. The average molecular weight is 639 g/mol. The minimum absolute atomic E-state index is 0.656. The number of hydrogen-bond donors (Lipinski definition) is 0. The van der Waals surface area contributed by atoms with E-state index in [2.05, 4.69) is 173 Å². The molecule has 0 atom stereocenters. The Kier molecular flexibility index (Phi) is 6.46. The van der Waals surface area contributed by atoms with E-state index in [9.17, 15) is 0 Å². The zero-order valence-corrected chi connectivity index (χ0v) is 27.1. The van der Waals surface area contributed by atoms with Gasteiger partial charge in [-0.05, 0) is 76.9 Å². The number of para-hydroxylation sites is 3. The van der Waals surface area contributed by atoms with Gasteiger partial charge >= 0.3 is 0 Å². The molecule has 3 heterocycles. The maximum Gasteiger partial charge on any atom is 0.235 e. The van der Waals surface area contributed by atoms with Gasteiger partial charge in [-0.3, -0.25) is 4.57 Å². The molecular formula is C46H30N4. The standard InChI is InChI=1S/C46H30N4/c1-3-11-31(12-4-1)32-19-21-33(22-20-32)41-27-28-47-46(48-41)50-43-18-10-8-16-38(43)40-30-35(24-26-45(40)50)34-23-25-44-39(29-34)37-15-7-9-17-42(37)49(44)36-13-5-2-6-14-36/h1-30H. The first-order valence-corrected chi connectivity index (χ1v) is 16.9. The average Bonchev–Trinajstić information content (AvgIpc) is 3.71. The molecule has 0 unspecified atom stereocenters. The largest absolute Gasteiger partial charge is 0.309 e. The molecule has 50 heavy (non-hydrogen) atoms. The SMILES string of the molecule is c1ccc(-c2ccc(-c3ccnc(-n4c5ccccc5c5cc(-c6ccc7c(c6)c6ccccc6n7-c6ccccc6)ccc54)n3)cc2)cc1. The number of hydrogen-bond acceptors (Lipinski definition) is 2. The third-order valence-electron chi connectivity index (χ3n) is 9.82. The first-order valence-electron chi connectivity index (χ1n) is 16.9. The van der Waals surface area contributed by atoms with Crippen LogP contribution in [-0.2, 0) is 0 Å². The van der Waals surface area contributed by atoms with Gasteiger partial charge in [-0.2, -0.15) is 0 Å². The van der Waals surface area contributed by atoms with Crippen molar-refractivity contribution in [3.05, 3.63) is 182 Å². The van der Waals surface area contributed by atoms with Gasteiger partial charge in [0.1, 0.15) is 0 Å². The van der Waals surface area contributed by atoms with E-state index in [1.165, 1.54) is 54.8 Å². The maximum absolute atomic E-state index is 5.11. The lowest BCUT2D eigenvalue weighted by Crippen LogP contribution is -2.01. The van der Waals surface area contributed by atoms with E-state index < -0.39 is 0 Å². The van der Waals surface area contributed by atoms with Gasteiger partial charge in [-0.1, -0.05) is 121 Å². The second kappa shape index (κ2) is 11.4. The van der Waals surface area contributed by atoms with E-state index in [-0.39, 0.29) is 0 Å². The Morgan fingerprint density at radius 1 is 0.340 bits per heavy atom. The quantitative estimate of drug-likeness (QED) is 0.188. The number of benzene rings is 7. The number of fused-ring (bicyclic) bond motifs is 6. The van der Waals surface area contributed by atoms with Gasteiger partial charge in [-0.25, -0.2) is 9.97 Å². The van der Waals surface area contributed by atoms with Crippen LogP contribution >= 0.6 is 0 Å². The van der Waals surface area contributed by atoms with Crippen LogP contribution in [0, 0.1) is 0 Å². The molecule has 10 aromatic rings. The Labute approximate surface area is 289 Å². The molecule has 0 spiro atoms. The monoisotopic (exact) mass is 638 g/mol. The molecular weight excluding hydrogens is 609 g/mol. The zero-order chi connectivity index (χ0) is 33.0. The molecule has 0 aliphatic heterocycles. The summed E-state index contributed by atoms with van der Waals surface area (Å²) in [6.07, 6.45) is 1.86. The van der Waals surface area contributed by atoms with Gasteiger partial charge in [0.2, 0.25) is 5.95 Å². The minimum Gasteiger partial charge on any atom is -0.309 e. The van der Waals surface area contributed by atoms with Gasteiger partial charge in [0.15, 0.2) is 0 Å². The lowest BCUT2D eigenvalue weighted by molar-refractivity contribution is 0.992. The minimum atomic E-state index is 0.656. The summed E-state index contributed by atoms with van der Waals surface area (Å²) in [5.41, 5.74) is 12.4. The van der Waals surface area contributed by atoms with Gasteiger partial charge in [0, 0.05) is 39.0 Å². The summed E-state index contributed by atoms with van der Waals surface area (Å²) in [5.74, 6) is 0.656. The summed E-state index contributed by atoms with van der Waals surface area (Å²) in [6, 6.07) is 62.5. The highest BCUT2D eigenvalue weighted by molar-refractivity contribution is 6.12. The molecule has 0 N–H and O–H groups in total. The van der Waals surface area contributed by atoms with Gasteiger partial charge < -0.3 is 4.57 Å². The highest BCUT2D eigenvalue weighted by atomic mass is 15.2. The first-order chi connectivity index (χ1) is 24.8. The van der Waals surface area contributed by atoms with Crippen molar-refractivity contribution >= 4 is 43.6 Å². The van der Waals surface area contributed by atoms with Crippen LogP contribution in [-0.4, -0.2) is 19.1 Å². The molecule has 7 aromatic carbocycles. The van der Waals surface area contributed by atoms with Crippen LogP contribution in [0.15, 0.2) is 182 Å². The van der Waals surface area contributed by atoms with Crippen molar-refractivity contribution in [2.45, 2.75) is 0 Å². The van der Waals surface area contributed by atoms with Crippen LogP contribution in [0.4, 0.5) is 0 Å². The highest BCUT2D eigenvalue weighted by Crippen LogP contribution is 2.38. The van der Waals surface area contributed by atoms with Crippen molar-refractivity contribution in [1.29, 1.82) is 0 Å². The molecule has 0 fully saturated rings. The van der Waals surface area contributed by atoms with E-state index in [1.54, 1.807) is 0 Å². The number of rotatable bonds is 5. The molecule has 0 aliphatic carbocycles. The second-order valence-electron chi connectivity index (χ2n) is 12.7. The molecule has 0 radical (unpaired) electrons. The predicted molar refractivity (Wildman–Crippen MR) is 207 cm³/mol. The van der Waals surface area contributed by atoms with E-state index in [4.69, 9.17) is 9.97 Å². The van der Waals surface area contributed by atoms with E-state index >= 15 is 0 Å². The van der Waals surface area contributed by atoms with E-state index in [1.807, 2.05) is 18.3 Å². The molecule has 4 nitrogen and oxygen atoms in total. The Hall–Kier alpha value is -6.78. The molecule has 10 rings (SSSR count). The van der Waals surface area contributed by atoms with Crippen molar-refractivity contribution in [3.63, 3.8) is 0 Å². The molecule has 0 saturated heterocycles. The molecule has 0 bridgehead atoms. The van der Waals surface area contributed by atoms with Crippen LogP contribution < -0.4 is 0 Å². The maximum atomic E-state index is 5.11. The van der Waals surface area contributed by atoms with Crippen LogP contribution in [0.25, 0.3) is 88.8 Å². The Morgan fingerprint density at radius 2 is 0.820 bits per heavy atom.